The van der Waals surface area contributed by atoms with Gasteiger partial charge in [0.1, 0.15) is 6.10 Å². The molecule has 0 amide bonds. The zero-order valence-electron chi connectivity index (χ0n) is 8.83. The molecule has 0 bridgehead atoms. The molecule has 2 rings (SSSR count). The minimum atomic E-state index is -2.25. The molecule has 1 heterocycles. The maximum absolute atomic E-state index is 5.97. The zero-order valence-corrected chi connectivity index (χ0v) is 10.5. The Morgan fingerprint density at radius 1 is 1.40 bits per heavy atom. The SMILES string of the molecule is C[C@H]1[C@@H](c2ccccc2)OP(N)(=S)N1C. The summed E-state index contributed by atoms with van der Waals surface area (Å²) >= 11 is 5.28. The Labute approximate surface area is 95.4 Å². The van der Waals surface area contributed by atoms with Crippen molar-refractivity contribution in [3.63, 3.8) is 0 Å². The largest absolute Gasteiger partial charge is 0.317 e. The second kappa shape index (κ2) is 3.96. The fraction of sp³-hybridized carbons (Fsp3) is 0.400. The van der Waals surface area contributed by atoms with Crippen molar-refractivity contribution in [1.82, 2.24) is 4.67 Å². The van der Waals surface area contributed by atoms with Crippen molar-refractivity contribution in [2.75, 3.05) is 7.05 Å². The van der Waals surface area contributed by atoms with Gasteiger partial charge in [-0.3, -0.25) is 5.50 Å². The van der Waals surface area contributed by atoms with Crippen LogP contribution in [0.2, 0.25) is 0 Å². The van der Waals surface area contributed by atoms with E-state index in [1.807, 2.05) is 29.9 Å². The lowest BCUT2D eigenvalue weighted by molar-refractivity contribution is 0.217. The Bertz CT molecular complexity index is 398. The standard InChI is InChI=1S/C10H15N2OPS/c1-8-10(9-6-4-3-5-7-9)13-14(11,15)12(8)2/h3-8,10H,1-2H3,(H2,11,15)/t8-,10-,14?/m0/s1. The highest BCUT2D eigenvalue weighted by molar-refractivity contribution is 8.10. The third kappa shape index (κ3) is 2.01. The van der Waals surface area contributed by atoms with Crippen molar-refractivity contribution >= 4 is 18.4 Å². The highest BCUT2D eigenvalue weighted by Gasteiger charge is 2.40. The van der Waals surface area contributed by atoms with E-state index >= 15 is 0 Å². The van der Waals surface area contributed by atoms with Crippen LogP contribution in [0.3, 0.4) is 0 Å². The second-order valence-electron chi connectivity index (χ2n) is 3.82. The molecule has 1 aliphatic rings. The first-order valence-corrected chi connectivity index (χ1v) is 7.62. The van der Waals surface area contributed by atoms with Gasteiger partial charge in [-0.1, -0.05) is 30.3 Å². The van der Waals surface area contributed by atoms with Crippen molar-refractivity contribution in [2.24, 2.45) is 5.50 Å². The molecular formula is C10H15N2OPS. The van der Waals surface area contributed by atoms with Crippen LogP contribution in [0.15, 0.2) is 30.3 Å². The van der Waals surface area contributed by atoms with E-state index < -0.39 is 6.57 Å². The second-order valence-corrected chi connectivity index (χ2v) is 7.35. The molecule has 0 radical (unpaired) electrons. The van der Waals surface area contributed by atoms with Crippen LogP contribution in [0.5, 0.6) is 0 Å². The lowest BCUT2D eigenvalue weighted by Gasteiger charge is -2.19. The summed E-state index contributed by atoms with van der Waals surface area (Å²) in [6.45, 7) is -0.150. The number of hydrogen-bond acceptors (Lipinski definition) is 2. The zero-order chi connectivity index (χ0) is 11.1. The van der Waals surface area contributed by atoms with Gasteiger partial charge in [0.2, 0.25) is 0 Å². The molecule has 15 heavy (non-hydrogen) atoms. The van der Waals surface area contributed by atoms with Gasteiger partial charge in [0, 0.05) is 6.04 Å². The van der Waals surface area contributed by atoms with Crippen LogP contribution in [0.4, 0.5) is 0 Å². The van der Waals surface area contributed by atoms with E-state index in [-0.39, 0.29) is 12.1 Å². The van der Waals surface area contributed by atoms with Gasteiger partial charge in [-0.05, 0) is 31.3 Å². The Kier molecular flexibility index (Phi) is 2.97. The number of hydrogen-bond donors (Lipinski definition) is 1. The Balaban J connectivity index is 2.31. The van der Waals surface area contributed by atoms with Crippen LogP contribution in [-0.2, 0) is 16.3 Å². The Morgan fingerprint density at radius 2 is 2.00 bits per heavy atom. The number of nitrogens with zero attached hydrogens (tertiary/aromatic N) is 1. The first-order valence-electron chi connectivity index (χ1n) is 4.87. The molecule has 1 fully saturated rings. The summed E-state index contributed by atoms with van der Waals surface area (Å²) in [5.74, 6) is 0. The summed E-state index contributed by atoms with van der Waals surface area (Å²) in [4.78, 5) is 0. The van der Waals surface area contributed by atoms with E-state index in [1.165, 1.54) is 0 Å². The summed E-state index contributed by atoms with van der Waals surface area (Å²) in [5.41, 5.74) is 7.12. The van der Waals surface area contributed by atoms with E-state index in [1.54, 1.807) is 0 Å². The quantitative estimate of drug-likeness (QED) is 0.767. The summed E-state index contributed by atoms with van der Waals surface area (Å²) < 4.78 is 7.78. The van der Waals surface area contributed by atoms with Gasteiger partial charge in [0.25, 0.3) is 0 Å². The van der Waals surface area contributed by atoms with Crippen molar-refractivity contribution < 1.29 is 4.52 Å². The molecule has 82 valence electrons. The molecule has 1 aromatic rings. The average Bonchev–Trinajstić information content (AvgIpc) is 2.44. The van der Waals surface area contributed by atoms with Crippen LogP contribution in [0, 0.1) is 0 Å². The van der Waals surface area contributed by atoms with Gasteiger partial charge in [-0.25, -0.2) is 4.67 Å². The van der Waals surface area contributed by atoms with E-state index in [0.29, 0.717) is 0 Å². The molecule has 0 aliphatic carbocycles. The number of nitrogens with two attached hydrogens (primary N) is 1. The van der Waals surface area contributed by atoms with E-state index in [4.69, 9.17) is 21.8 Å². The minimum absolute atomic E-state index is 0.00651. The Hall–Kier alpha value is -0.250. The molecule has 3 nitrogen and oxygen atoms in total. The molecule has 0 aromatic heterocycles. The molecule has 0 saturated carbocycles. The van der Waals surface area contributed by atoms with E-state index in [2.05, 4.69) is 19.1 Å². The summed E-state index contributed by atoms with van der Waals surface area (Å²) in [7, 11) is 1.94. The van der Waals surface area contributed by atoms with Gasteiger partial charge in [-0.2, -0.15) is 0 Å². The monoisotopic (exact) mass is 242 g/mol. The topological polar surface area (TPSA) is 38.5 Å². The van der Waals surface area contributed by atoms with E-state index in [9.17, 15) is 0 Å². The highest BCUT2D eigenvalue weighted by atomic mass is 32.4. The maximum atomic E-state index is 5.97. The number of likely N-dealkylation sites (N-methyl/N-ethyl adjacent to an activating group) is 1. The fourth-order valence-electron chi connectivity index (χ4n) is 1.76. The maximum Gasteiger partial charge on any atom is 0.198 e. The van der Waals surface area contributed by atoms with Crippen LogP contribution < -0.4 is 5.50 Å². The van der Waals surface area contributed by atoms with Crippen LogP contribution in [0.1, 0.15) is 18.6 Å². The summed E-state index contributed by atoms with van der Waals surface area (Å²) in [6.07, 6.45) is 0.00651. The van der Waals surface area contributed by atoms with E-state index in [0.717, 1.165) is 5.56 Å². The number of rotatable bonds is 1. The van der Waals surface area contributed by atoms with Crippen molar-refractivity contribution in [1.29, 1.82) is 0 Å². The predicted octanol–water partition coefficient (Wildman–Crippen LogP) is 2.26. The lowest BCUT2D eigenvalue weighted by atomic mass is 10.0. The van der Waals surface area contributed by atoms with Crippen molar-refractivity contribution in [3.8, 4) is 0 Å². The molecule has 1 unspecified atom stereocenters. The predicted molar refractivity (Wildman–Crippen MR) is 66.0 cm³/mol. The molecular weight excluding hydrogens is 227 g/mol. The summed E-state index contributed by atoms with van der Waals surface area (Å²) in [5, 5.41) is 0. The van der Waals surface area contributed by atoms with Gasteiger partial charge in [0.05, 0.1) is 0 Å². The third-order valence-corrected chi connectivity index (χ3v) is 5.66. The molecule has 3 atom stereocenters. The fourth-order valence-corrected chi connectivity index (χ4v) is 3.88. The molecule has 1 saturated heterocycles. The normalized spacial score (nSPS) is 37.0. The first-order chi connectivity index (χ1) is 7.02. The first kappa shape index (κ1) is 11.2. The molecule has 5 heteroatoms. The molecule has 0 spiro atoms. The molecule has 2 N–H and O–H groups in total. The van der Waals surface area contributed by atoms with Gasteiger partial charge < -0.3 is 4.52 Å². The third-order valence-electron chi connectivity index (χ3n) is 2.86. The Morgan fingerprint density at radius 3 is 2.47 bits per heavy atom. The molecule has 1 aromatic carbocycles. The van der Waals surface area contributed by atoms with Crippen LogP contribution >= 0.6 is 6.57 Å². The lowest BCUT2D eigenvalue weighted by Crippen LogP contribution is -2.24. The van der Waals surface area contributed by atoms with Crippen LogP contribution in [-0.4, -0.2) is 17.8 Å². The summed E-state index contributed by atoms with van der Waals surface area (Å²) in [6, 6.07) is 10.3. The minimum Gasteiger partial charge on any atom is -0.317 e. The van der Waals surface area contributed by atoms with Gasteiger partial charge in [-0.15, -0.1) is 0 Å². The van der Waals surface area contributed by atoms with Crippen molar-refractivity contribution in [2.45, 2.75) is 19.1 Å². The van der Waals surface area contributed by atoms with Gasteiger partial charge in [0.15, 0.2) is 6.57 Å². The van der Waals surface area contributed by atoms with Crippen LogP contribution in [0.25, 0.3) is 0 Å². The van der Waals surface area contributed by atoms with Crippen molar-refractivity contribution in [3.05, 3.63) is 35.9 Å². The highest BCUT2D eigenvalue weighted by Crippen LogP contribution is 2.56. The average molecular weight is 242 g/mol. The molecule has 1 aliphatic heterocycles. The van der Waals surface area contributed by atoms with Gasteiger partial charge >= 0.3 is 0 Å². The smallest absolute Gasteiger partial charge is 0.198 e. The number of benzene rings is 1.